The van der Waals surface area contributed by atoms with Crippen LogP contribution in [0.3, 0.4) is 0 Å². The molecule has 0 atom stereocenters. The first kappa shape index (κ1) is 37.3. The highest BCUT2D eigenvalue weighted by Crippen LogP contribution is 2.55. The maximum Gasteiger partial charge on any atom is 0.220 e. The van der Waals surface area contributed by atoms with Gasteiger partial charge in [0.15, 0.2) is 0 Å². The van der Waals surface area contributed by atoms with Gasteiger partial charge in [0.25, 0.3) is 0 Å². The maximum atomic E-state index is 12.3. The maximum absolute atomic E-state index is 12.3. The van der Waals surface area contributed by atoms with Gasteiger partial charge in [0.1, 0.15) is 6.07 Å². The molecule has 0 N–H and O–H groups in total. The van der Waals surface area contributed by atoms with Gasteiger partial charge in [-0.15, -0.1) is 22.7 Å². The summed E-state index contributed by atoms with van der Waals surface area (Å²) in [5.41, 5.74) is 11.0. The molecule has 0 amide bonds. The molecule has 0 radical (unpaired) electrons. The van der Waals surface area contributed by atoms with E-state index in [0.29, 0.717) is 39.3 Å². The fraction of sp³-hybridized carbons (Fsp3) is 0. The van der Waals surface area contributed by atoms with Crippen LogP contribution in [0.4, 0.5) is 5.69 Å². The van der Waals surface area contributed by atoms with Crippen LogP contribution in [0.25, 0.3) is 145 Å². The summed E-state index contributed by atoms with van der Waals surface area (Å²) in [6.45, 7) is 9.45. The van der Waals surface area contributed by atoms with Crippen molar-refractivity contribution in [1.29, 1.82) is 5.26 Å². The monoisotopic (exact) mass is 979 g/mol. The second-order valence-electron chi connectivity index (χ2n) is 18.5. The third kappa shape index (κ3) is 6.05. The van der Waals surface area contributed by atoms with Gasteiger partial charge >= 0.3 is 0 Å². The average Bonchev–Trinajstić information content (AvgIpc) is 4.39. The predicted octanol–water partition coefficient (Wildman–Crippen LogP) is 19.7. The van der Waals surface area contributed by atoms with Crippen LogP contribution in [0.15, 0.2) is 230 Å². The van der Waals surface area contributed by atoms with Crippen LogP contribution in [0.1, 0.15) is 12.4 Å². The first-order valence-electron chi connectivity index (χ1n) is 26.8. The Balaban J connectivity index is 1.21. The van der Waals surface area contributed by atoms with E-state index in [-0.39, 0.29) is 17.6 Å². The highest BCUT2D eigenvalue weighted by Gasteiger charge is 2.33. The number of fused-ring (bicyclic) bond motifs is 14. The minimum atomic E-state index is -0.445. The zero-order chi connectivity index (χ0) is 53.4. The Hall–Kier alpha value is -9.56. The summed E-state index contributed by atoms with van der Waals surface area (Å²) in [4.78, 5) is 4.57. The molecular formula is C68H38N4S2. The van der Waals surface area contributed by atoms with E-state index in [9.17, 15) is 11.8 Å². The first-order valence-corrected chi connectivity index (χ1v) is 25.9. The van der Waals surface area contributed by atoms with Crippen molar-refractivity contribution in [3.63, 3.8) is 0 Å². The van der Waals surface area contributed by atoms with Gasteiger partial charge in [-0.1, -0.05) is 212 Å². The van der Waals surface area contributed by atoms with Crippen LogP contribution in [0, 0.1) is 17.9 Å². The molecule has 4 nitrogen and oxygen atoms in total. The molecule has 4 aromatic heterocycles. The van der Waals surface area contributed by atoms with Crippen molar-refractivity contribution < 1.29 is 6.85 Å². The van der Waals surface area contributed by atoms with Gasteiger partial charge < -0.3 is 9.13 Å². The van der Waals surface area contributed by atoms with E-state index >= 15 is 0 Å². The smallest absolute Gasteiger partial charge is 0.220 e. The number of hydrogen-bond donors (Lipinski definition) is 0. The number of benzene rings is 11. The molecule has 0 saturated heterocycles. The summed E-state index contributed by atoms with van der Waals surface area (Å²) in [5, 5.41) is 20.2. The summed E-state index contributed by atoms with van der Waals surface area (Å²) < 4.78 is 52.5. The Labute approximate surface area is 440 Å². The third-order valence-corrected chi connectivity index (χ3v) is 17.1. The quantitative estimate of drug-likeness (QED) is 0.153. The number of nitriles is 1. The van der Waals surface area contributed by atoms with Crippen LogP contribution in [-0.2, 0) is 0 Å². The van der Waals surface area contributed by atoms with Gasteiger partial charge in [0.2, 0.25) is 5.69 Å². The lowest BCUT2D eigenvalue weighted by molar-refractivity contribution is 1.14. The molecular weight excluding hydrogens is 937 g/mol. The molecule has 15 rings (SSSR count). The van der Waals surface area contributed by atoms with Crippen LogP contribution in [0.2, 0.25) is 0 Å². The van der Waals surface area contributed by atoms with Crippen molar-refractivity contribution in [2.75, 3.05) is 0 Å². The summed E-state index contributed by atoms with van der Waals surface area (Å²) >= 11 is 3.23. The lowest BCUT2D eigenvalue weighted by atomic mass is 9.88. The molecule has 11 aromatic carbocycles. The zero-order valence-electron chi connectivity index (χ0n) is 44.2. The highest BCUT2D eigenvalue weighted by molar-refractivity contribution is 7.27. The van der Waals surface area contributed by atoms with E-state index in [1.807, 2.05) is 91.0 Å². The summed E-state index contributed by atoms with van der Waals surface area (Å²) in [6.07, 6.45) is 0. The molecule has 0 saturated carbocycles. The van der Waals surface area contributed by atoms with E-state index in [2.05, 4.69) is 129 Å². The number of aromatic nitrogens is 2. The Morgan fingerprint density at radius 3 is 1.69 bits per heavy atom. The standard InChI is InChI=1S/C68H38N4S2/c1-70-61-59(43-23-10-4-11-24-43)55(40-69)62(60(44-25-12-5-13-26-44)65(61)71-56-31-16-14-27-47(56)48-34-33-45(39-57(48)71)41-19-6-2-7-20-41)72-63-50(35-37-53-49-28-15-17-32-58(49)73-67(53)63)51-36-38-54-52-30-18-29-46(42-21-8-3-9-22-42)66(52)74-68(54)64(51)72/h2-39H/i3D,8D,9D,21D,22D. The molecule has 0 aliphatic heterocycles. The van der Waals surface area contributed by atoms with E-state index in [1.165, 1.54) is 11.3 Å². The average molecular weight is 980 g/mol. The molecule has 0 aliphatic rings. The number of thiophene rings is 2. The molecule has 74 heavy (non-hydrogen) atoms. The van der Waals surface area contributed by atoms with E-state index < -0.39 is 18.1 Å². The molecule has 342 valence electrons. The molecule has 6 heteroatoms. The van der Waals surface area contributed by atoms with Gasteiger partial charge in [-0.3, -0.25) is 0 Å². The SMILES string of the molecule is [2H]c1c([2H])c([2H])c(-c2cccc3c2sc2c3ccc3c4ccc5c6ccccc6sc5c4n(-c4c(C#N)c(-c5ccccc5)c([N+]#[C-])c(-n5c6ccccc6c6ccc(-c7ccccc7)cc65)c4-c4ccccc4)c32)c([2H])c1[2H]. The predicted molar refractivity (Wildman–Crippen MR) is 314 cm³/mol. The van der Waals surface area contributed by atoms with E-state index in [4.69, 9.17) is 6.85 Å². The normalized spacial score (nSPS) is 12.7. The number of rotatable bonds is 6. The fourth-order valence-electron chi connectivity index (χ4n) is 11.6. The Morgan fingerprint density at radius 2 is 0.986 bits per heavy atom. The zero-order valence-corrected chi connectivity index (χ0v) is 40.8. The fourth-order valence-corrected chi connectivity index (χ4v) is 14.2. The molecule has 4 heterocycles. The van der Waals surface area contributed by atoms with Gasteiger partial charge in [-0.2, -0.15) is 5.26 Å². The van der Waals surface area contributed by atoms with Crippen molar-refractivity contribution >= 4 is 112 Å². The summed E-state index contributed by atoms with van der Waals surface area (Å²) in [5.74, 6) is 0. The van der Waals surface area contributed by atoms with Gasteiger partial charge in [0.05, 0.1) is 61.8 Å². The molecule has 0 spiro atoms. The minimum absolute atomic E-state index is 0.138. The lowest BCUT2D eigenvalue weighted by Crippen LogP contribution is -2.09. The molecule has 15 aromatic rings. The van der Waals surface area contributed by atoms with Crippen molar-refractivity contribution in [3.8, 4) is 62.0 Å². The largest absolute Gasteiger partial charge is 0.318 e. The van der Waals surface area contributed by atoms with Crippen LogP contribution in [0.5, 0.6) is 0 Å². The topological polar surface area (TPSA) is 38.0 Å². The third-order valence-electron chi connectivity index (χ3n) is 14.7. The summed E-state index contributed by atoms with van der Waals surface area (Å²) in [6, 6.07) is 69.2. The van der Waals surface area contributed by atoms with Crippen molar-refractivity contribution in [1.82, 2.24) is 9.13 Å². The number of para-hydroxylation sites is 1. The van der Waals surface area contributed by atoms with Crippen LogP contribution >= 0.6 is 22.7 Å². The molecule has 0 unspecified atom stereocenters. The van der Waals surface area contributed by atoms with Crippen LogP contribution < -0.4 is 0 Å². The van der Waals surface area contributed by atoms with E-state index in [1.54, 1.807) is 11.3 Å². The van der Waals surface area contributed by atoms with Crippen molar-refractivity contribution in [2.24, 2.45) is 0 Å². The number of hydrogen-bond acceptors (Lipinski definition) is 3. The Kier molecular flexibility index (Phi) is 8.31. The summed E-state index contributed by atoms with van der Waals surface area (Å²) in [7, 11) is 0. The molecule has 0 bridgehead atoms. The van der Waals surface area contributed by atoms with E-state index in [0.717, 1.165) is 106 Å². The van der Waals surface area contributed by atoms with Crippen molar-refractivity contribution in [2.45, 2.75) is 0 Å². The van der Waals surface area contributed by atoms with Gasteiger partial charge in [-0.25, -0.2) is 4.85 Å². The second-order valence-corrected chi connectivity index (χ2v) is 20.5. The van der Waals surface area contributed by atoms with Crippen LogP contribution in [-0.4, -0.2) is 9.13 Å². The van der Waals surface area contributed by atoms with Gasteiger partial charge in [0, 0.05) is 63.6 Å². The first-order chi connectivity index (χ1) is 38.7. The molecule has 0 fully saturated rings. The Morgan fingerprint density at radius 1 is 0.432 bits per heavy atom. The van der Waals surface area contributed by atoms with Gasteiger partial charge in [-0.05, 0) is 51.6 Å². The molecule has 0 aliphatic carbocycles. The minimum Gasteiger partial charge on any atom is -0.318 e. The second kappa shape index (κ2) is 16.5. The van der Waals surface area contributed by atoms with Crippen molar-refractivity contribution in [3.05, 3.63) is 247 Å². The Bertz CT molecular complexity index is 5190. The highest BCUT2D eigenvalue weighted by atomic mass is 32.1. The number of nitrogens with zero attached hydrogens (tertiary/aromatic N) is 4. The lowest BCUT2D eigenvalue weighted by Gasteiger charge is -2.26.